The van der Waals surface area contributed by atoms with Gasteiger partial charge in [-0.2, -0.15) is 0 Å². The molecule has 2 aromatic rings. The van der Waals surface area contributed by atoms with Gasteiger partial charge in [0.2, 0.25) is 0 Å². The van der Waals surface area contributed by atoms with Crippen LogP contribution < -0.4 is 10.5 Å². The molecule has 0 aliphatic heterocycles. The molecule has 0 spiro atoms. The Labute approximate surface area is 109 Å². The molecule has 94 valence electrons. The van der Waals surface area contributed by atoms with Gasteiger partial charge in [-0.1, -0.05) is 30.3 Å². The van der Waals surface area contributed by atoms with Crippen molar-refractivity contribution in [1.82, 2.24) is 9.71 Å². The molecule has 18 heavy (non-hydrogen) atoms. The molecular formula is C13H15N3OS. The maximum absolute atomic E-state index is 12.1. The lowest BCUT2D eigenvalue weighted by Crippen LogP contribution is -2.21. The van der Waals surface area contributed by atoms with Crippen molar-refractivity contribution in [3.8, 4) is 0 Å². The number of nitrogens with two attached hydrogens (primary N) is 1. The van der Waals surface area contributed by atoms with E-state index in [-0.39, 0.29) is 6.04 Å². The van der Waals surface area contributed by atoms with E-state index in [4.69, 9.17) is 5.73 Å². The maximum atomic E-state index is 12.1. The molecule has 0 aliphatic rings. The summed E-state index contributed by atoms with van der Waals surface area (Å²) in [6.45, 7) is 1.97. The summed E-state index contributed by atoms with van der Waals surface area (Å²) >= 11 is 0. The molecule has 3 N–H and O–H groups in total. The molecule has 0 radical (unpaired) electrons. The van der Waals surface area contributed by atoms with Gasteiger partial charge in [-0.3, -0.25) is 0 Å². The van der Waals surface area contributed by atoms with Crippen molar-refractivity contribution in [3.05, 3.63) is 54.2 Å². The zero-order valence-electron chi connectivity index (χ0n) is 10.0. The van der Waals surface area contributed by atoms with Gasteiger partial charge in [0.1, 0.15) is 16.8 Å². The third-order valence-electron chi connectivity index (χ3n) is 2.56. The Morgan fingerprint density at radius 3 is 2.56 bits per heavy atom. The molecule has 0 bridgehead atoms. The second-order valence-corrected chi connectivity index (χ2v) is 5.18. The third-order valence-corrected chi connectivity index (χ3v) is 3.79. The van der Waals surface area contributed by atoms with E-state index in [0.29, 0.717) is 10.7 Å². The van der Waals surface area contributed by atoms with Gasteiger partial charge in [0, 0.05) is 12.2 Å². The first-order chi connectivity index (χ1) is 8.66. The Balaban J connectivity index is 2.06. The van der Waals surface area contributed by atoms with Gasteiger partial charge >= 0.3 is 0 Å². The van der Waals surface area contributed by atoms with Crippen LogP contribution in [0.15, 0.2) is 53.6 Å². The number of aromatic nitrogens is 1. The first-order valence-corrected chi connectivity index (χ1v) is 6.76. The normalized spacial score (nSPS) is 14.1. The van der Waals surface area contributed by atoms with Crippen LogP contribution in [0.4, 0.5) is 5.82 Å². The van der Waals surface area contributed by atoms with E-state index in [0.717, 1.165) is 5.56 Å². The Morgan fingerprint density at radius 2 is 1.94 bits per heavy atom. The summed E-state index contributed by atoms with van der Waals surface area (Å²) in [5.74, 6) is 0.423. The standard InChI is InChI=1S/C13H15N3OS/c1-10(11-5-3-2-4-6-11)16-18(17)12-7-8-13(14)15-9-12/h2-10,16H,1H3,(H2,14,15). The summed E-state index contributed by atoms with van der Waals surface area (Å²) in [6.07, 6.45) is 1.52. The maximum Gasteiger partial charge on any atom is 0.127 e. The van der Waals surface area contributed by atoms with Gasteiger partial charge in [0.05, 0.1) is 4.90 Å². The number of nitrogen functional groups attached to an aromatic ring is 1. The fourth-order valence-corrected chi connectivity index (χ4v) is 2.47. The van der Waals surface area contributed by atoms with Crippen molar-refractivity contribution in [3.63, 3.8) is 0 Å². The van der Waals surface area contributed by atoms with E-state index >= 15 is 0 Å². The molecule has 1 aromatic carbocycles. The zero-order valence-corrected chi connectivity index (χ0v) is 10.9. The quantitative estimate of drug-likeness (QED) is 0.885. The molecule has 0 fully saturated rings. The molecule has 0 saturated carbocycles. The highest BCUT2D eigenvalue weighted by atomic mass is 32.2. The summed E-state index contributed by atoms with van der Waals surface area (Å²) in [5.41, 5.74) is 6.58. The molecule has 2 atom stereocenters. The molecular weight excluding hydrogens is 246 g/mol. The van der Waals surface area contributed by atoms with E-state index in [1.807, 2.05) is 37.3 Å². The average molecular weight is 261 g/mol. The molecule has 2 rings (SSSR count). The van der Waals surface area contributed by atoms with E-state index in [1.165, 1.54) is 6.20 Å². The highest BCUT2D eigenvalue weighted by Crippen LogP contribution is 2.14. The van der Waals surface area contributed by atoms with Crippen LogP contribution in [0.25, 0.3) is 0 Å². The van der Waals surface area contributed by atoms with Crippen LogP contribution >= 0.6 is 0 Å². The smallest absolute Gasteiger partial charge is 0.127 e. The molecule has 1 aromatic heterocycles. The number of rotatable bonds is 4. The number of anilines is 1. The van der Waals surface area contributed by atoms with Gasteiger partial charge in [0.25, 0.3) is 0 Å². The number of pyridine rings is 1. The number of hydrogen-bond acceptors (Lipinski definition) is 3. The summed E-state index contributed by atoms with van der Waals surface area (Å²) in [6, 6.07) is 13.2. The molecule has 0 aliphatic carbocycles. The molecule has 4 nitrogen and oxygen atoms in total. The van der Waals surface area contributed by atoms with Crippen LogP contribution in [-0.2, 0) is 11.0 Å². The molecule has 0 amide bonds. The number of hydrogen-bond donors (Lipinski definition) is 2. The summed E-state index contributed by atoms with van der Waals surface area (Å²) < 4.78 is 15.1. The predicted octanol–water partition coefficient (Wildman–Crippen LogP) is 2.04. The lowest BCUT2D eigenvalue weighted by Gasteiger charge is -2.13. The zero-order chi connectivity index (χ0) is 13.0. The van der Waals surface area contributed by atoms with Crippen LogP contribution in [0.1, 0.15) is 18.5 Å². The van der Waals surface area contributed by atoms with Crippen molar-refractivity contribution in [2.75, 3.05) is 5.73 Å². The minimum Gasteiger partial charge on any atom is -0.384 e. The monoisotopic (exact) mass is 261 g/mol. The fourth-order valence-electron chi connectivity index (χ4n) is 1.54. The van der Waals surface area contributed by atoms with Crippen molar-refractivity contribution in [1.29, 1.82) is 0 Å². The van der Waals surface area contributed by atoms with Gasteiger partial charge in [-0.15, -0.1) is 0 Å². The van der Waals surface area contributed by atoms with E-state index in [2.05, 4.69) is 9.71 Å². The van der Waals surface area contributed by atoms with Crippen molar-refractivity contribution >= 4 is 16.8 Å². The van der Waals surface area contributed by atoms with E-state index < -0.39 is 11.0 Å². The predicted molar refractivity (Wildman–Crippen MR) is 73.1 cm³/mol. The second kappa shape index (κ2) is 5.75. The van der Waals surface area contributed by atoms with Gasteiger partial charge in [0.15, 0.2) is 0 Å². The summed E-state index contributed by atoms with van der Waals surface area (Å²) in [7, 11) is -1.29. The summed E-state index contributed by atoms with van der Waals surface area (Å²) in [5, 5.41) is 0. The third kappa shape index (κ3) is 3.15. The average Bonchev–Trinajstić information content (AvgIpc) is 2.40. The van der Waals surface area contributed by atoms with E-state index in [9.17, 15) is 4.21 Å². The summed E-state index contributed by atoms with van der Waals surface area (Å²) in [4.78, 5) is 4.54. The first kappa shape index (κ1) is 12.7. The Morgan fingerprint density at radius 1 is 1.22 bits per heavy atom. The van der Waals surface area contributed by atoms with Crippen LogP contribution in [0.2, 0.25) is 0 Å². The van der Waals surface area contributed by atoms with Gasteiger partial charge in [-0.05, 0) is 24.6 Å². The Bertz CT molecular complexity index is 528. The second-order valence-electron chi connectivity index (χ2n) is 3.94. The van der Waals surface area contributed by atoms with Crippen molar-refractivity contribution in [2.45, 2.75) is 17.9 Å². The largest absolute Gasteiger partial charge is 0.384 e. The highest BCUT2D eigenvalue weighted by Gasteiger charge is 2.10. The van der Waals surface area contributed by atoms with Crippen molar-refractivity contribution < 1.29 is 4.21 Å². The fraction of sp³-hybridized carbons (Fsp3) is 0.154. The first-order valence-electron chi connectivity index (χ1n) is 5.61. The lowest BCUT2D eigenvalue weighted by molar-refractivity contribution is 0.651. The number of nitrogens with zero attached hydrogens (tertiary/aromatic N) is 1. The number of benzene rings is 1. The number of nitrogens with one attached hydrogen (secondary N) is 1. The highest BCUT2D eigenvalue weighted by molar-refractivity contribution is 7.83. The SMILES string of the molecule is CC(NS(=O)c1ccc(N)nc1)c1ccccc1. The van der Waals surface area contributed by atoms with Crippen molar-refractivity contribution in [2.24, 2.45) is 0 Å². The topological polar surface area (TPSA) is 68.0 Å². The van der Waals surface area contributed by atoms with Crippen LogP contribution in [0.5, 0.6) is 0 Å². The molecule has 1 heterocycles. The van der Waals surface area contributed by atoms with Crippen LogP contribution in [-0.4, -0.2) is 9.19 Å². The van der Waals surface area contributed by atoms with Crippen LogP contribution in [0.3, 0.4) is 0 Å². The van der Waals surface area contributed by atoms with Gasteiger partial charge < -0.3 is 5.73 Å². The van der Waals surface area contributed by atoms with Gasteiger partial charge in [-0.25, -0.2) is 13.9 Å². The minimum absolute atomic E-state index is 0.00425. The Hall–Kier alpha value is -1.72. The minimum atomic E-state index is -1.29. The lowest BCUT2D eigenvalue weighted by atomic mass is 10.1. The molecule has 2 unspecified atom stereocenters. The van der Waals surface area contributed by atoms with E-state index in [1.54, 1.807) is 12.1 Å². The molecule has 5 heteroatoms. The molecule has 0 saturated heterocycles. The Kier molecular flexibility index (Phi) is 4.07. The van der Waals surface area contributed by atoms with Crippen LogP contribution in [0, 0.1) is 0 Å².